The van der Waals surface area contributed by atoms with Crippen molar-refractivity contribution in [3.8, 4) is 0 Å². The van der Waals surface area contributed by atoms with Gasteiger partial charge in [-0.25, -0.2) is 4.79 Å². The molecule has 2 aromatic rings. The lowest BCUT2D eigenvalue weighted by molar-refractivity contribution is -0.128. The number of hydrogen-bond acceptors (Lipinski definition) is 4. The molecule has 2 amide bonds. The minimum atomic E-state index is -0.935. The van der Waals surface area contributed by atoms with Crippen molar-refractivity contribution in [1.82, 2.24) is 5.32 Å². The number of anilines is 2. The molecule has 0 radical (unpaired) electrons. The van der Waals surface area contributed by atoms with Crippen LogP contribution in [0, 0.1) is 5.41 Å². The standard InChI is InChI=1S/C22H23N3O4/c1-22(2)10-15-8-14(21(28)29)6-7-17(15)24-20(22)13-4-3-5-16(9-13)25-12-18(26)23-11-19(25)27/h3-9,20,24H,10-12H2,1-2H3,(H,23,26)(H,28,29). The average molecular weight is 393 g/mol. The van der Waals surface area contributed by atoms with E-state index in [0.717, 1.165) is 23.2 Å². The summed E-state index contributed by atoms with van der Waals surface area (Å²) in [5.74, 6) is -1.24. The Morgan fingerprint density at radius 3 is 2.72 bits per heavy atom. The summed E-state index contributed by atoms with van der Waals surface area (Å²) in [6.07, 6.45) is 0.719. The van der Waals surface area contributed by atoms with Gasteiger partial charge in [-0.3, -0.25) is 9.59 Å². The van der Waals surface area contributed by atoms with E-state index in [1.54, 1.807) is 12.1 Å². The SMILES string of the molecule is CC1(C)Cc2cc(C(=O)O)ccc2NC1c1cccc(N2CC(=O)NCC2=O)c1. The van der Waals surface area contributed by atoms with Gasteiger partial charge in [0, 0.05) is 11.4 Å². The number of nitrogens with one attached hydrogen (secondary N) is 2. The molecule has 0 aliphatic carbocycles. The number of carbonyl (C=O) groups excluding carboxylic acids is 2. The Labute approximate surface area is 168 Å². The number of benzene rings is 2. The zero-order chi connectivity index (χ0) is 20.8. The molecule has 4 rings (SSSR count). The molecule has 29 heavy (non-hydrogen) atoms. The molecular weight excluding hydrogens is 370 g/mol. The summed E-state index contributed by atoms with van der Waals surface area (Å²) >= 11 is 0. The van der Waals surface area contributed by atoms with Crippen LogP contribution in [0.4, 0.5) is 11.4 Å². The predicted octanol–water partition coefficient (Wildman–Crippen LogP) is 2.58. The van der Waals surface area contributed by atoms with E-state index in [9.17, 15) is 19.5 Å². The Morgan fingerprint density at radius 1 is 1.17 bits per heavy atom. The second kappa shape index (κ2) is 6.92. The Kier molecular flexibility index (Phi) is 4.53. The molecule has 0 spiro atoms. The molecule has 7 heteroatoms. The molecule has 1 fully saturated rings. The van der Waals surface area contributed by atoms with Gasteiger partial charge in [-0.2, -0.15) is 0 Å². The molecule has 0 aromatic heterocycles. The maximum atomic E-state index is 12.3. The quantitative estimate of drug-likeness (QED) is 0.745. The lowest BCUT2D eigenvalue weighted by Crippen LogP contribution is -2.51. The van der Waals surface area contributed by atoms with Gasteiger partial charge >= 0.3 is 5.97 Å². The summed E-state index contributed by atoms with van der Waals surface area (Å²) in [5, 5.41) is 15.4. The van der Waals surface area contributed by atoms with Gasteiger partial charge in [0.05, 0.1) is 18.2 Å². The first-order valence-electron chi connectivity index (χ1n) is 9.54. The van der Waals surface area contributed by atoms with E-state index < -0.39 is 5.97 Å². The van der Waals surface area contributed by atoms with Crippen molar-refractivity contribution in [2.45, 2.75) is 26.3 Å². The number of fused-ring (bicyclic) bond motifs is 1. The van der Waals surface area contributed by atoms with Crippen molar-refractivity contribution < 1.29 is 19.5 Å². The van der Waals surface area contributed by atoms with Gasteiger partial charge in [0.2, 0.25) is 11.8 Å². The molecule has 2 aromatic carbocycles. The molecular formula is C22H23N3O4. The number of amides is 2. The Bertz CT molecular complexity index is 1010. The van der Waals surface area contributed by atoms with Gasteiger partial charge in [0.25, 0.3) is 0 Å². The van der Waals surface area contributed by atoms with E-state index >= 15 is 0 Å². The van der Waals surface area contributed by atoms with Crippen LogP contribution >= 0.6 is 0 Å². The molecule has 2 heterocycles. The number of nitrogens with zero attached hydrogens (tertiary/aromatic N) is 1. The number of carbonyl (C=O) groups is 3. The maximum Gasteiger partial charge on any atom is 0.335 e. The highest BCUT2D eigenvalue weighted by molar-refractivity contribution is 6.04. The minimum Gasteiger partial charge on any atom is -0.478 e. The van der Waals surface area contributed by atoms with Gasteiger partial charge in [0.1, 0.15) is 6.54 Å². The van der Waals surface area contributed by atoms with Crippen molar-refractivity contribution in [1.29, 1.82) is 0 Å². The molecule has 150 valence electrons. The number of carboxylic acids is 1. The summed E-state index contributed by atoms with van der Waals surface area (Å²) in [7, 11) is 0. The molecule has 1 saturated heterocycles. The molecule has 7 nitrogen and oxygen atoms in total. The predicted molar refractivity (Wildman–Crippen MR) is 109 cm³/mol. The zero-order valence-corrected chi connectivity index (χ0v) is 16.4. The fraction of sp³-hybridized carbons (Fsp3) is 0.318. The van der Waals surface area contributed by atoms with Crippen molar-refractivity contribution in [2.75, 3.05) is 23.3 Å². The number of carboxylic acid groups (broad SMARTS) is 1. The molecule has 1 atom stereocenters. The van der Waals surface area contributed by atoms with E-state index in [0.29, 0.717) is 5.69 Å². The van der Waals surface area contributed by atoms with Gasteiger partial charge in [-0.15, -0.1) is 0 Å². The van der Waals surface area contributed by atoms with Gasteiger partial charge in [0.15, 0.2) is 0 Å². The van der Waals surface area contributed by atoms with Crippen LogP contribution in [0.1, 0.15) is 41.4 Å². The van der Waals surface area contributed by atoms with E-state index in [2.05, 4.69) is 24.5 Å². The third-order valence-corrected chi connectivity index (χ3v) is 5.63. The number of rotatable bonds is 3. The van der Waals surface area contributed by atoms with Gasteiger partial charge in [-0.1, -0.05) is 26.0 Å². The molecule has 0 saturated carbocycles. The Morgan fingerprint density at radius 2 is 1.97 bits per heavy atom. The van der Waals surface area contributed by atoms with Crippen molar-refractivity contribution >= 4 is 29.2 Å². The molecule has 1 unspecified atom stereocenters. The van der Waals surface area contributed by atoms with Crippen molar-refractivity contribution in [3.05, 3.63) is 59.2 Å². The Hall–Kier alpha value is -3.35. The first-order chi connectivity index (χ1) is 13.7. The number of hydrogen-bond donors (Lipinski definition) is 3. The summed E-state index contributed by atoms with van der Waals surface area (Å²) < 4.78 is 0. The van der Waals surface area contributed by atoms with Crippen LogP contribution in [0.25, 0.3) is 0 Å². The molecule has 2 aliphatic heterocycles. The van der Waals surface area contributed by atoms with Crippen LogP contribution < -0.4 is 15.5 Å². The third-order valence-electron chi connectivity index (χ3n) is 5.63. The first-order valence-corrected chi connectivity index (χ1v) is 9.54. The fourth-order valence-corrected chi connectivity index (χ4v) is 4.16. The molecule has 0 bridgehead atoms. The maximum absolute atomic E-state index is 12.3. The lowest BCUT2D eigenvalue weighted by atomic mass is 9.72. The van der Waals surface area contributed by atoms with Crippen LogP contribution in [0.15, 0.2) is 42.5 Å². The van der Waals surface area contributed by atoms with Gasteiger partial charge < -0.3 is 20.6 Å². The number of piperazine rings is 1. The highest BCUT2D eigenvalue weighted by atomic mass is 16.4. The Balaban J connectivity index is 1.67. The zero-order valence-electron chi connectivity index (χ0n) is 16.4. The summed E-state index contributed by atoms with van der Waals surface area (Å²) in [5.41, 5.74) is 3.70. The average Bonchev–Trinajstić information content (AvgIpc) is 2.68. The third kappa shape index (κ3) is 3.55. The second-order valence-corrected chi connectivity index (χ2v) is 8.27. The highest BCUT2D eigenvalue weighted by Crippen LogP contribution is 2.45. The van der Waals surface area contributed by atoms with Crippen LogP contribution in [0.3, 0.4) is 0 Å². The van der Waals surface area contributed by atoms with E-state index in [1.807, 2.05) is 30.3 Å². The lowest BCUT2D eigenvalue weighted by Gasteiger charge is -2.41. The number of aromatic carboxylic acids is 1. The monoisotopic (exact) mass is 393 g/mol. The first kappa shape index (κ1) is 19.0. The normalized spacial score (nSPS) is 20.5. The van der Waals surface area contributed by atoms with Crippen molar-refractivity contribution in [3.63, 3.8) is 0 Å². The summed E-state index contributed by atoms with van der Waals surface area (Å²) in [4.78, 5) is 36.8. The van der Waals surface area contributed by atoms with E-state index in [4.69, 9.17) is 0 Å². The van der Waals surface area contributed by atoms with E-state index in [1.165, 1.54) is 4.90 Å². The smallest absolute Gasteiger partial charge is 0.335 e. The molecule has 2 aliphatic rings. The highest BCUT2D eigenvalue weighted by Gasteiger charge is 2.36. The van der Waals surface area contributed by atoms with Crippen LogP contribution in [-0.4, -0.2) is 36.0 Å². The van der Waals surface area contributed by atoms with Crippen LogP contribution in [0.5, 0.6) is 0 Å². The fourth-order valence-electron chi connectivity index (χ4n) is 4.16. The molecule has 3 N–H and O–H groups in total. The van der Waals surface area contributed by atoms with Crippen LogP contribution in [0.2, 0.25) is 0 Å². The van der Waals surface area contributed by atoms with Crippen LogP contribution in [-0.2, 0) is 16.0 Å². The summed E-state index contributed by atoms with van der Waals surface area (Å²) in [6, 6.07) is 12.8. The van der Waals surface area contributed by atoms with Crippen molar-refractivity contribution in [2.24, 2.45) is 5.41 Å². The van der Waals surface area contributed by atoms with E-state index in [-0.39, 0.29) is 41.9 Å². The summed E-state index contributed by atoms with van der Waals surface area (Å²) in [6.45, 7) is 4.29. The minimum absolute atomic E-state index is 0.00944. The largest absolute Gasteiger partial charge is 0.478 e. The van der Waals surface area contributed by atoms with Gasteiger partial charge in [-0.05, 0) is 53.3 Å². The second-order valence-electron chi connectivity index (χ2n) is 8.27. The topological polar surface area (TPSA) is 98.7 Å².